The Morgan fingerprint density at radius 2 is 1.84 bits per heavy atom. The highest BCUT2D eigenvalue weighted by molar-refractivity contribution is 9.10. The highest BCUT2D eigenvalue weighted by atomic mass is 79.9. The molecule has 1 aromatic carbocycles. The number of likely N-dealkylation sites (tertiary alicyclic amines) is 2. The quantitative estimate of drug-likeness (QED) is 0.523. The van der Waals surface area contributed by atoms with Gasteiger partial charge in [0.25, 0.3) is 5.91 Å². The van der Waals surface area contributed by atoms with Gasteiger partial charge in [0.05, 0.1) is 4.47 Å². The lowest BCUT2D eigenvalue weighted by atomic mass is 9.90. The number of hydrogen-bond donors (Lipinski definition) is 0. The normalized spacial score (nSPS) is 21.0. The van der Waals surface area contributed by atoms with Gasteiger partial charge in [-0.1, -0.05) is 18.2 Å². The van der Waals surface area contributed by atoms with E-state index < -0.39 is 11.7 Å². The second-order valence-electron chi connectivity index (χ2n) is 9.20. The topological polar surface area (TPSA) is 59.1 Å². The Hall–Kier alpha value is -2.02. The number of carbonyl (C=O) groups is 2. The molecule has 3 rings (SSSR count). The Balaban J connectivity index is 1.89. The number of benzene rings is 1. The summed E-state index contributed by atoms with van der Waals surface area (Å²) in [5.41, 5.74) is -0.579. The minimum absolute atomic E-state index is 0.0470. The zero-order valence-corrected chi connectivity index (χ0v) is 20.3. The SMILES string of the molecule is C=C[C@@H]([C@@H](Oc1ccccc1Br)C(=O)N1CCCC1)[C@@H]1CCCN1C(=O)OC(C)(C)C. The van der Waals surface area contributed by atoms with Crippen LogP contribution in [-0.4, -0.2) is 59.2 Å². The molecule has 170 valence electrons. The van der Waals surface area contributed by atoms with E-state index in [1.165, 1.54) is 0 Å². The maximum Gasteiger partial charge on any atom is 0.410 e. The van der Waals surface area contributed by atoms with Crippen LogP contribution in [0.3, 0.4) is 0 Å². The molecular formula is C24H33BrN2O4. The molecule has 31 heavy (non-hydrogen) atoms. The Morgan fingerprint density at radius 3 is 2.45 bits per heavy atom. The summed E-state index contributed by atoms with van der Waals surface area (Å²) in [5, 5.41) is 0. The fraction of sp³-hybridized carbons (Fsp3) is 0.583. The van der Waals surface area contributed by atoms with Gasteiger partial charge in [-0.05, 0) is 74.5 Å². The van der Waals surface area contributed by atoms with E-state index in [4.69, 9.17) is 9.47 Å². The van der Waals surface area contributed by atoms with Crippen LogP contribution in [0.5, 0.6) is 5.75 Å². The number of carbonyl (C=O) groups excluding carboxylic acids is 2. The Bertz CT molecular complexity index is 801. The highest BCUT2D eigenvalue weighted by Gasteiger charge is 2.44. The summed E-state index contributed by atoms with van der Waals surface area (Å²) >= 11 is 3.52. The van der Waals surface area contributed by atoms with Crippen LogP contribution in [0, 0.1) is 5.92 Å². The van der Waals surface area contributed by atoms with E-state index in [0.29, 0.717) is 12.3 Å². The molecule has 2 aliphatic heterocycles. The van der Waals surface area contributed by atoms with Gasteiger partial charge in [-0.3, -0.25) is 4.79 Å². The summed E-state index contributed by atoms with van der Waals surface area (Å²) in [4.78, 5) is 30.0. The van der Waals surface area contributed by atoms with Crippen molar-refractivity contribution in [2.24, 2.45) is 5.92 Å². The third kappa shape index (κ3) is 5.82. The van der Waals surface area contributed by atoms with Gasteiger partial charge in [0.1, 0.15) is 11.4 Å². The molecule has 0 spiro atoms. The third-order valence-electron chi connectivity index (χ3n) is 5.75. The second kappa shape index (κ2) is 10.1. The second-order valence-corrected chi connectivity index (χ2v) is 10.1. The molecule has 0 aromatic heterocycles. The highest BCUT2D eigenvalue weighted by Crippen LogP contribution is 2.33. The van der Waals surface area contributed by atoms with E-state index in [1.54, 1.807) is 11.0 Å². The van der Waals surface area contributed by atoms with Crippen LogP contribution in [0.2, 0.25) is 0 Å². The molecule has 2 fully saturated rings. The molecule has 0 aliphatic carbocycles. The number of rotatable bonds is 6. The molecule has 2 aliphatic rings. The zero-order chi connectivity index (χ0) is 22.6. The Morgan fingerprint density at radius 1 is 1.16 bits per heavy atom. The molecule has 0 N–H and O–H groups in total. The molecule has 1 aromatic rings. The van der Waals surface area contributed by atoms with Gasteiger partial charge in [-0.2, -0.15) is 0 Å². The van der Waals surface area contributed by atoms with Gasteiger partial charge in [0.2, 0.25) is 0 Å². The molecule has 2 amide bonds. The van der Waals surface area contributed by atoms with Crippen molar-refractivity contribution in [1.82, 2.24) is 9.80 Å². The molecule has 0 radical (unpaired) electrons. The lowest BCUT2D eigenvalue weighted by Crippen LogP contribution is -2.52. The van der Waals surface area contributed by atoms with Gasteiger partial charge in [-0.25, -0.2) is 4.79 Å². The van der Waals surface area contributed by atoms with Gasteiger partial charge in [-0.15, -0.1) is 6.58 Å². The zero-order valence-electron chi connectivity index (χ0n) is 18.7. The van der Waals surface area contributed by atoms with Crippen LogP contribution >= 0.6 is 15.9 Å². The van der Waals surface area contributed by atoms with Crippen molar-refractivity contribution >= 4 is 27.9 Å². The molecule has 0 bridgehead atoms. The van der Waals surface area contributed by atoms with Crippen molar-refractivity contribution in [3.05, 3.63) is 41.4 Å². The van der Waals surface area contributed by atoms with Crippen LogP contribution in [0.25, 0.3) is 0 Å². The molecule has 3 atom stereocenters. The first-order valence-electron chi connectivity index (χ1n) is 11.0. The Kier molecular flexibility index (Phi) is 7.68. The van der Waals surface area contributed by atoms with Gasteiger partial charge in [0.15, 0.2) is 6.10 Å². The predicted molar refractivity (Wildman–Crippen MR) is 124 cm³/mol. The largest absolute Gasteiger partial charge is 0.479 e. The van der Waals surface area contributed by atoms with E-state index in [1.807, 2.05) is 49.9 Å². The first kappa shape index (κ1) is 23.6. The van der Waals surface area contributed by atoms with E-state index in [2.05, 4.69) is 22.5 Å². The molecule has 2 heterocycles. The average Bonchev–Trinajstić information content (AvgIpc) is 3.40. The maximum absolute atomic E-state index is 13.5. The van der Waals surface area contributed by atoms with Crippen molar-refractivity contribution in [3.8, 4) is 5.75 Å². The lowest BCUT2D eigenvalue weighted by Gasteiger charge is -2.36. The van der Waals surface area contributed by atoms with E-state index >= 15 is 0 Å². The molecule has 7 heteroatoms. The maximum atomic E-state index is 13.5. The predicted octanol–water partition coefficient (Wildman–Crippen LogP) is 5.02. The van der Waals surface area contributed by atoms with Crippen molar-refractivity contribution in [3.63, 3.8) is 0 Å². The summed E-state index contributed by atoms with van der Waals surface area (Å²) in [6.07, 6.45) is 4.28. The van der Waals surface area contributed by atoms with Gasteiger partial charge in [0, 0.05) is 31.6 Å². The molecule has 0 unspecified atom stereocenters. The van der Waals surface area contributed by atoms with Crippen LogP contribution in [0.4, 0.5) is 4.79 Å². The van der Waals surface area contributed by atoms with Crippen LogP contribution in [-0.2, 0) is 9.53 Å². The third-order valence-corrected chi connectivity index (χ3v) is 6.40. The first-order chi connectivity index (χ1) is 14.7. The minimum Gasteiger partial charge on any atom is -0.479 e. The monoisotopic (exact) mass is 492 g/mol. The fourth-order valence-electron chi connectivity index (χ4n) is 4.31. The Labute approximate surface area is 193 Å². The van der Waals surface area contributed by atoms with Crippen LogP contribution in [0.1, 0.15) is 46.5 Å². The van der Waals surface area contributed by atoms with Crippen molar-refractivity contribution in [1.29, 1.82) is 0 Å². The van der Waals surface area contributed by atoms with Crippen LogP contribution < -0.4 is 4.74 Å². The molecule has 6 nitrogen and oxygen atoms in total. The first-order valence-corrected chi connectivity index (χ1v) is 11.8. The summed E-state index contributed by atoms with van der Waals surface area (Å²) in [5.74, 6) is 0.207. The minimum atomic E-state index is -0.762. The van der Waals surface area contributed by atoms with Gasteiger partial charge < -0.3 is 19.3 Å². The standard InChI is InChI=1S/C24H33BrN2O4/c1-5-17(19-12-10-16-27(19)23(29)31-24(2,3)4)21(22(28)26-14-8-9-15-26)30-20-13-7-6-11-18(20)25/h5-7,11,13,17,19,21H,1,8-10,12,14-16H2,2-4H3/t17-,19+,21-/m1/s1. The van der Waals surface area contributed by atoms with Crippen LogP contribution in [0.15, 0.2) is 41.4 Å². The number of hydrogen-bond acceptors (Lipinski definition) is 4. The van der Waals surface area contributed by atoms with Crippen molar-refractivity contribution < 1.29 is 19.1 Å². The number of amides is 2. The van der Waals surface area contributed by atoms with Crippen molar-refractivity contribution in [2.75, 3.05) is 19.6 Å². The summed E-state index contributed by atoms with van der Waals surface area (Å²) < 4.78 is 12.7. The number of halogens is 1. The molecule has 0 saturated carbocycles. The lowest BCUT2D eigenvalue weighted by molar-refractivity contribution is -0.140. The average molecular weight is 493 g/mol. The number of para-hydroxylation sites is 1. The molecule has 2 saturated heterocycles. The van der Waals surface area contributed by atoms with E-state index in [0.717, 1.165) is 43.2 Å². The van der Waals surface area contributed by atoms with E-state index in [9.17, 15) is 9.59 Å². The van der Waals surface area contributed by atoms with Crippen molar-refractivity contribution in [2.45, 2.75) is 64.2 Å². The summed E-state index contributed by atoms with van der Waals surface area (Å²) in [6, 6.07) is 7.31. The molecular weight excluding hydrogens is 460 g/mol. The smallest absolute Gasteiger partial charge is 0.410 e. The fourth-order valence-corrected chi connectivity index (χ4v) is 4.69. The van der Waals surface area contributed by atoms with E-state index in [-0.39, 0.29) is 24.0 Å². The number of ether oxygens (including phenoxy) is 2. The summed E-state index contributed by atoms with van der Waals surface area (Å²) in [6.45, 7) is 11.7. The van der Waals surface area contributed by atoms with Gasteiger partial charge >= 0.3 is 6.09 Å². The number of nitrogens with zero attached hydrogens (tertiary/aromatic N) is 2. The summed E-state index contributed by atoms with van der Waals surface area (Å²) in [7, 11) is 0.